The summed E-state index contributed by atoms with van der Waals surface area (Å²) in [7, 11) is 0. The number of aliphatic hydroxyl groups excluding tert-OH is 1. The molecule has 1 aromatic heterocycles. The van der Waals surface area contributed by atoms with Gasteiger partial charge in [0.15, 0.2) is 0 Å². The van der Waals surface area contributed by atoms with Gasteiger partial charge in [0.05, 0.1) is 23.9 Å². The monoisotopic (exact) mass is 268 g/mol. The van der Waals surface area contributed by atoms with Crippen LogP contribution in [-0.2, 0) is 11.2 Å². The summed E-state index contributed by atoms with van der Waals surface area (Å²) in [6.45, 7) is 8.97. The molecule has 4 heteroatoms. The highest BCUT2D eigenvalue weighted by Crippen LogP contribution is 2.16. The van der Waals surface area contributed by atoms with E-state index in [1.807, 2.05) is 30.8 Å². The maximum Gasteiger partial charge on any atom is 0.0857 e. The average Bonchev–Trinajstić information content (AvgIpc) is 2.85. The molecule has 0 aromatic carbocycles. The highest BCUT2D eigenvalue weighted by molar-refractivity contribution is 5.02. The number of ether oxygens (including phenoxy) is 1. The van der Waals surface area contributed by atoms with Gasteiger partial charge in [0.1, 0.15) is 0 Å². The second kappa shape index (κ2) is 8.33. The smallest absolute Gasteiger partial charge is 0.0857 e. The number of hydrogen-bond acceptors (Lipinski definition) is 3. The van der Waals surface area contributed by atoms with E-state index in [0.717, 1.165) is 25.0 Å². The number of aliphatic hydroxyl groups is 1. The van der Waals surface area contributed by atoms with Crippen LogP contribution in [0, 0.1) is 0 Å². The predicted octanol–water partition coefficient (Wildman–Crippen LogP) is 2.96. The van der Waals surface area contributed by atoms with E-state index in [1.165, 1.54) is 0 Å². The second-order valence-electron chi connectivity index (χ2n) is 4.93. The van der Waals surface area contributed by atoms with Crippen molar-refractivity contribution < 1.29 is 9.84 Å². The van der Waals surface area contributed by atoms with Crippen molar-refractivity contribution in [2.45, 2.75) is 71.6 Å². The maximum atomic E-state index is 10.2. The molecule has 0 saturated heterocycles. The first-order valence-electron chi connectivity index (χ1n) is 7.49. The molecule has 0 fully saturated rings. The third kappa shape index (κ3) is 4.62. The fraction of sp³-hybridized carbons (Fsp3) is 0.800. The van der Waals surface area contributed by atoms with E-state index in [-0.39, 0.29) is 6.10 Å². The minimum absolute atomic E-state index is 0.0942. The fourth-order valence-electron chi connectivity index (χ4n) is 2.41. The summed E-state index contributed by atoms with van der Waals surface area (Å²) in [6.07, 6.45) is 4.99. The molecule has 0 aliphatic carbocycles. The zero-order valence-corrected chi connectivity index (χ0v) is 12.7. The summed E-state index contributed by atoms with van der Waals surface area (Å²) in [4.78, 5) is 0. The van der Waals surface area contributed by atoms with Crippen LogP contribution in [0.15, 0.2) is 12.3 Å². The maximum absolute atomic E-state index is 10.2. The molecule has 1 heterocycles. The van der Waals surface area contributed by atoms with Crippen LogP contribution in [0.2, 0.25) is 0 Å². The van der Waals surface area contributed by atoms with Crippen LogP contribution in [0.1, 0.15) is 58.7 Å². The Hall–Kier alpha value is -0.870. The van der Waals surface area contributed by atoms with Crippen LogP contribution in [0.5, 0.6) is 0 Å². The van der Waals surface area contributed by atoms with Gasteiger partial charge >= 0.3 is 0 Å². The summed E-state index contributed by atoms with van der Waals surface area (Å²) in [5, 5.41) is 14.8. The van der Waals surface area contributed by atoms with Crippen LogP contribution in [0.3, 0.4) is 0 Å². The Morgan fingerprint density at radius 3 is 2.42 bits per heavy atom. The first-order chi connectivity index (χ1) is 9.15. The molecule has 0 radical (unpaired) electrons. The van der Waals surface area contributed by atoms with Gasteiger partial charge in [0.25, 0.3) is 0 Å². The second-order valence-corrected chi connectivity index (χ2v) is 4.93. The van der Waals surface area contributed by atoms with Crippen molar-refractivity contribution >= 4 is 0 Å². The summed E-state index contributed by atoms with van der Waals surface area (Å²) < 4.78 is 7.55. The molecule has 4 nitrogen and oxygen atoms in total. The molecular formula is C15H28N2O2. The minimum Gasteiger partial charge on any atom is -0.390 e. The lowest BCUT2D eigenvalue weighted by atomic mass is 10.1. The minimum atomic E-state index is -0.477. The first kappa shape index (κ1) is 16.2. The van der Waals surface area contributed by atoms with Crippen molar-refractivity contribution in [2.24, 2.45) is 0 Å². The molecule has 0 aliphatic heterocycles. The third-order valence-corrected chi connectivity index (χ3v) is 3.61. The van der Waals surface area contributed by atoms with Crippen LogP contribution >= 0.6 is 0 Å². The molecule has 1 N–H and O–H groups in total. The zero-order valence-electron chi connectivity index (χ0n) is 12.7. The number of aromatic nitrogens is 2. The van der Waals surface area contributed by atoms with Crippen LogP contribution in [-0.4, -0.2) is 33.7 Å². The lowest BCUT2D eigenvalue weighted by Gasteiger charge is -2.20. The molecule has 2 atom stereocenters. The summed E-state index contributed by atoms with van der Waals surface area (Å²) >= 11 is 0. The van der Waals surface area contributed by atoms with Crippen molar-refractivity contribution in [3.05, 3.63) is 18.0 Å². The van der Waals surface area contributed by atoms with Gasteiger partial charge < -0.3 is 9.84 Å². The van der Waals surface area contributed by atoms with E-state index in [1.54, 1.807) is 0 Å². The largest absolute Gasteiger partial charge is 0.390 e. The van der Waals surface area contributed by atoms with Crippen LogP contribution < -0.4 is 0 Å². The van der Waals surface area contributed by atoms with E-state index >= 15 is 0 Å². The Morgan fingerprint density at radius 2 is 1.89 bits per heavy atom. The number of hydrogen-bond donors (Lipinski definition) is 1. The van der Waals surface area contributed by atoms with E-state index < -0.39 is 6.10 Å². The van der Waals surface area contributed by atoms with Crippen LogP contribution in [0.25, 0.3) is 0 Å². The highest BCUT2D eigenvalue weighted by Gasteiger charge is 2.19. The molecular weight excluding hydrogens is 240 g/mol. The van der Waals surface area contributed by atoms with E-state index in [2.05, 4.69) is 18.9 Å². The fourth-order valence-corrected chi connectivity index (χ4v) is 2.41. The topological polar surface area (TPSA) is 47.3 Å². The van der Waals surface area contributed by atoms with Crippen molar-refractivity contribution in [1.82, 2.24) is 9.78 Å². The predicted molar refractivity (Wildman–Crippen MR) is 77.3 cm³/mol. The third-order valence-electron chi connectivity index (χ3n) is 3.61. The molecule has 1 rings (SSSR count). The Morgan fingerprint density at radius 1 is 1.21 bits per heavy atom. The van der Waals surface area contributed by atoms with Crippen molar-refractivity contribution in [3.8, 4) is 0 Å². The quantitative estimate of drug-likeness (QED) is 0.749. The Balaban J connectivity index is 2.62. The molecule has 1 aromatic rings. The number of rotatable bonds is 9. The van der Waals surface area contributed by atoms with E-state index in [0.29, 0.717) is 19.1 Å². The van der Waals surface area contributed by atoms with Crippen molar-refractivity contribution in [3.63, 3.8) is 0 Å². The summed E-state index contributed by atoms with van der Waals surface area (Å²) in [5.74, 6) is 0. The van der Waals surface area contributed by atoms with E-state index in [9.17, 15) is 5.11 Å². The van der Waals surface area contributed by atoms with Gasteiger partial charge in [-0.25, -0.2) is 0 Å². The zero-order chi connectivity index (χ0) is 14.3. The normalized spacial score (nSPS) is 14.8. The molecule has 19 heavy (non-hydrogen) atoms. The van der Waals surface area contributed by atoms with Gasteiger partial charge in [0.2, 0.25) is 0 Å². The molecule has 2 unspecified atom stereocenters. The lowest BCUT2D eigenvalue weighted by molar-refractivity contribution is -0.0338. The van der Waals surface area contributed by atoms with E-state index in [4.69, 9.17) is 4.74 Å². The Labute approximate surface area is 116 Å². The SMILES string of the molecule is CCOC(CC)C(O)Cc1ccn(C(CC)CC)n1. The van der Waals surface area contributed by atoms with Crippen molar-refractivity contribution in [1.29, 1.82) is 0 Å². The van der Waals surface area contributed by atoms with Gasteiger partial charge in [-0.15, -0.1) is 0 Å². The highest BCUT2D eigenvalue weighted by atomic mass is 16.5. The van der Waals surface area contributed by atoms with Gasteiger partial charge in [-0.1, -0.05) is 20.8 Å². The molecule has 0 aliphatic rings. The van der Waals surface area contributed by atoms with Crippen molar-refractivity contribution in [2.75, 3.05) is 6.61 Å². The Bertz CT molecular complexity index is 348. The molecule has 0 saturated carbocycles. The molecule has 0 amide bonds. The summed E-state index contributed by atoms with van der Waals surface area (Å²) in [5.41, 5.74) is 0.942. The standard InChI is InChI=1S/C15H28N2O2/c1-5-13(6-2)17-10-9-12(16-17)11-14(18)15(7-3)19-8-4/h9-10,13-15,18H,5-8,11H2,1-4H3. The molecule has 110 valence electrons. The van der Waals surface area contributed by atoms with Gasteiger partial charge in [-0.2, -0.15) is 5.10 Å². The van der Waals surface area contributed by atoms with Gasteiger partial charge in [-0.3, -0.25) is 4.68 Å². The molecule has 0 spiro atoms. The molecule has 0 bridgehead atoms. The van der Waals surface area contributed by atoms with Gasteiger partial charge in [-0.05, 0) is 32.3 Å². The average molecular weight is 268 g/mol. The lowest BCUT2D eigenvalue weighted by Crippen LogP contribution is -2.30. The first-order valence-corrected chi connectivity index (χ1v) is 7.49. The van der Waals surface area contributed by atoms with Crippen LogP contribution in [0.4, 0.5) is 0 Å². The number of nitrogens with zero attached hydrogens (tertiary/aromatic N) is 2. The summed E-state index contributed by atoms with van der Waals surface area (Å²) in [6, 6.07) is 2.46. The van der Waals surface area contributed by atoms with Gasteiger partial charge in [0, 0.05) is 19.2 Å². The Kier molecular flexibility index (Phi) is 7.10.